The van der Waals surface area contributed by atoms with E-state index in [4.69, 9.17) is 0 Å². The lowest BCUT2D eigenvalue weighted by Gasteiger charge is -2.25. The lowest BCUT2D eigenvalue weighted by atomic mass is 10.1. The Hall–Kier alpha value is -3.02. The Kier molecular flexibility index (Phi) is 5.98. The van der Waals surface area contributed by atoms with Crippen LogP contribution in [0.5, 0.6) is 0 Å². The molecule has 2 aromatic carbocycles. The maximum Gasteiger partial charge on any atom is 0.227 e. The number of hydrogen-bond donors (Lipinski definition) is 0. The van der Waals surface area contributed by atoms with Crippen molar-refractivity contribution in [2.75, 3.05) is 6.54 Å². The predicted molar refractivity (Wildman–Crippen MR) is 109 cm³/mol. The lowest BCUT2D eigenvalue weighted by molar-refractivity contribution is -0.131. The van der Waals surface area contributed by atoms with E-state index in [0.717, 1.165) is 50.2 Å². The third-order valence-electron chi connectivity index (χ3n) is 5.56. The molecule has 6 heteroatoms. The number of aryl methyl sites for hydroxylation is 1. The van der Waals surface area contributed by atoms with Crippen molar-refractivity contribution in [3.63, 3.8) is 0 Å². The van der Waals surface area contributed by atoms with Gasteiger partial charge in [-0.25, -0.2) is 4.39 Å². The zero-order chi connectivity index (χ0) is 20.1. The molecule has 0 aliphatic carbocycles. The van der Waals surface area contributed by atoms with Gasteiger partial charge in [0, 0.05) is 19.0 Å². The highest BCUT2D eigenvalue weighted by Gasteiger charge is 2.28. The van der Waals surface area contributed by atoms with Gasteiger partial charge in [-0.05, 0) is 42.5 Å². The Balaban J connectivity index is 1.35. The minimum Gasteiger partial charge on any atom is -0.339 e. The fourth-order valence-electron chi connectivity index (χ4n) is 4.02. The van der Waals surface area contributed by atoms with E-state index in [0.29, 0.717) is 6.42 Å². The van der Waals surface area contributed by atoms with Crippen LogP contribution in [0.15, 0.2) is 60.9 Å². The van der Waals surface area contributed by atoms with Crippen molar-refractivity contribution in [1.82, 2.24) is 19.7 Å². The first-order valence-corrected chi connectivity index (χ1v) is 10.1. The first-order valence-electron chi connectivity index (χ1n) is 10.1. The van der Waals surface area contributed by atoms with Gasteiger partial charge in [0.1, 0.15) is 18.0 Å². The molecule has 150 valence electrons. The van der Waals surface area contributed by atoms with E-state index in [1.165, 1.54) is 17.7 Å². The Morgan fingerprint density at radius 1 is 1.07 bits per heavy atom. The van der Waals surface area contributed by atoms with Gasteiger partial charge >= 0.3 is 0 Å². The summed E-state index contributed by atoms with van der Waals surface area (Å²) >= 11 is 0. The minimum absolute atomic E-state index is 0.116. The Labute approximate surface area is 170 Å². The average molecular weight is 392 g/mol. The molecule has 1 amide bonds. The number of likely N-dealkylation sites (tertiary alicyclic amines) is 1. The normalized spacial score (nSPS) is 16.3. The van der Waals surface area contributed by atoms with Crippen LogP contribution in [0.1, 0.15) is 36.2 Å². The monoisotopic (exact) mass is 392 g/mol. The topological polar surface area (TPSA) is 51.0 Å². The standard InChI is InChI=1S/C23H25FN4O/c24-20-10-8-18(9-11-20)15-23(29)28-14-4-7-21(28)12-13-22-26-25-17-27(22)16-19-5-2-1-3-6-19/h1-3,5-6,8-11,17,21H,4,7,12-16H2. The highest BCUT2D eigenvalue weighted by Crippen LogP contribution is 2.23. The number of aromatic nitrogens is 3. The summed E-state index contributed by atoms with van der Waals surface area (Å²) in [5, 5.41) is 8.38. The van der Waals surface area contributed by atoms with Crippen molar-refractivity contribution >= 4 is 5.91 Å². The fourth-order valence-corrected chi connectivity index (χ4v) is 4.02. The van der Waals surface area contributed by atoms with Gasteiger partial charge in [0.05, 0.1) is 13.0 Å². The van der Waals surface area contributed by atoms with E-state index >= 15 is 0 Å². The zero-order valence-electron chi connectivity index (χ0n) is 16.4. The highest BCUT2D eigenvalue weighted by atomic mass is 19.1. The molecule has 1 unspecified atom stereocenters. The van der Waals surface area contributed by atoms with Crippen LogP contribution >= 0.6 is 0 Å². The van der Waals surface area contributed by atoms with Crippen molar-refractivity contribution < 1.29 is 9.18 Å². The largest absolute Gasteiger partial charge is 0.339 e. The number of rotatable bonds is 7. The Bertz CT molecular complexity index is 939. The second-order valence-electron chi connectivity index (χ2n) is 7.59. The number of hydrogen-bond acceptors (Lipinski definition) is 3. The molecule has 0 bridgehead atoms. The van der Waals surface area contributed by atoms with Gasteiger partial charge in [-0.15, -0.1) is 10.2 Å². The molecular weight excluding hydrogens is 367 g/mol. The molecule has 0 N–H and O–H groups in total. The molecular formula is C23H25FN4O. The molecule has 1 aromatic heterocycles. The second-order valence-corrected chi connectivity index (χ2v) is 7.59. The van der Waals surface area contributed by atoms with E-state index in [1.54, 1.807) is 18.5 Å². The molecule has 5 nitrogen and oxygen atoms in total. The molecule has 29 heavy (non-hydrogen) atoms. The van der Waals surface area contributed by atoms with E-state index in [1.807, 2.05) is 23.1 Å². The summed E-state index contributed by atoms with van der Waals surface area (Å²) < 4.78 is 15.2. The number of carbonyl (C=O) groups excluding carboxylic acids is 1. The van der Waals surface area contributed by atoms with E-state index in [2.05, 4.69) is 26.9 Å². The molecule has 1 atom stereocenters. The van der Waals surface area contributed by atoms with Gasteiger partial charge in [0.25, 0.3) is 0 Å². The summed E-state index contributed by atoms with van der Waals surface area (Å²) in [6, 6.07) is 16.7. The van der Waals surface area contributed by atoms with E-state index < -0.39 is 0 Å². The number of amides is 1. The fraction of sp³-hybridized carbons (Fsp3) is 0.348. The maximum absolute atomic E-state index is 13.1. The molecule has 0 saturated carbocycles. The summed E-state index contributed by atoms with van der Waals surface area (Å²) in [4.78, 5) is 14.8. The van der Waals surface area contributed by atoms with Crippen LogP contribution in [0, 0.1) is 5.82 Å². The zero-order valence-corrected chi connectivity index (χ0v) is 16.4. The molecule has 0 radical (unpaired) electrons. The Morgan fingerprint density at radius 2 is 1.86 bits per heavy atom. The smallest absolute Gasteiger partial charge is 0.227 e. The first kappa shape index (κ1) is 19.3. The summed E-state index contributed by atoms with van der Waals surface area (Å²) in [6.45, 7) is 1.54. The number of benzene rings is 2. The summed E-state index contributed by atoms with van der Waals surface area (Å²) in [5.41, 5.74) is 2.06. The molecule has 0 spiro atoms. The number of halogens is 1. The van der Waals surface area contributed by atoms with E-state index in [-0.39, 0.29) is 17.8 Å². The van der Waals surface area contributed by atoms with Crippen LogP contribution in [0.3, 0.4) is 0 Å². The van der Waals surface area contributed by atoms with Crippen LogP contribution in [-0.2, 0) is 24.2 Å². The van der Waals surface area contributed by atoms with Gasteiger partial charge in [0.2, 0.25) is 5.91 Å². The van der Waals surface area contributed by atoms with Crippen molar-refractivity contribution in [3.8, 4) is 0 Å². The van der Waals surface area contributed by atoms with Crippen LogP contribution in [0.4, 0.5) is 4.39 Å². The summed E-state index contributed by atoms with van der Waals surface area (Å²) in [6.07, 6.45) is 5.80. The van der Waals surface area contributed by atoms with Gasteiger partial charge in [0.15, 0.2) is 0 Å². The van der Waals surface area contributed by atoms with Crippen LogP contribution in [0.25, 0.3) is 0 Å². The molecule has 3 aromatic rings. The average Bonchev–Trinajstić information content (AvgIpc) is 3.38. The van der Waals surface area contributed by atoms with Gasteiger partial charge in [-0.3, -0.25) is 4.79 Å². The summed E-state index contributed by atoms with van der Waals surface area (Å²) in [7, 11) is 0. The van der Waals surface area contributed by atoms with Crippen LogP contribution < -0.4 is 0 Å². The van der Waals surface area contributed by atoms with Gasteiger partial charge < -0.3 is 9.47 Å². The Morgan fingerprint density at radius 3 is 2.66 bits per heavy atom. The van der Waals surface area contributed by atoms with Crippen LogP contribution in [-0.4, -0.2) is 38.2 Å². The molecule has 1 aliphatic heterocycles. The quantitative estimate of drug-likeness (QED) is 0.617. The van der Waals surface area contributed by atoms with Crippen molar-refractivity contribution in [2.24, 2.45) is 0 Å². The van der Waals surface area contributed by atoms with Gasteiger partial charge in [-0.2, -0.15) is 0 Å². The SMILES string of the molecule is O=C(Cc1ccc(F)cc1)N1CCCC1CCc1nncn1Cc1ccccc1. The third-order valence-corrected chi connectivity index (χ3v) is 5.56. The lowest BCUT2D eigenvalue weighted by Crippen LogP contribution is -2.37. The van der Waals surface area contributed by atoms with Crippen molar-refractivity contribution in [2.45, 2.75) is 44.7 Å². The molecule has 1 saturated heterocycles. The van der Waals surface area contributed by atoms with Gasteiger partial charge in [-0.1, -0.05) is 42.5 Å². The first-order chi connectivity index (χ1) is 14.2. The molecule has 1 aliphatic rings. The molecule has 1 fully saturated rings. The summed E-state index contributed by atoms with van der Waals surface area (Å²) in [5.74, 6) is 0.788. The van der Waals surface area contributed by atoms with E-state index in [9.17, 15) is 9.18 Å². The minimum atomic E-state index is -0.278. The predicted octanol–water partition coefficient (Wildman–Crippen LogP) is 3.63. The van der Waals surface area contributed by atoms with Crippen molar-refractivity contribution in [3.05, 3.63) is 83.7 Å². The van der Waals surface area contributed by atoms with Crippen molar-refractivity contribution in [1.29, 1.82) is 0 Å². The van der Waals surface area contributed by atoms with Crippen LogP contribution in [0.2, 0.25) is 0 Å². The highest BCUT2D eigenvalue weighted by molar-refractivity contribution is 5.79. The molecule has 2 heterocycles. The number of nitrogens with zero attached hydrogens (tertiary/aromatic N) is 4. The second kappa shape index (κ2) is 8.99. The third kappa shape index (κ3) is 4.88. The maximum atomic E-state index is 13.1. The number of carbonyl (C=O) groups is 1. The molecule has 4 rings (SSSR count).